The maximum Gasteiger partial charge on any atom is 0.344 e. The Balaban J connectivity index is 2.28. The minimum Gasteiger partial charge on any atom is -0.462 e. The van der Waals surface area contributed by atoms with Gasteiger partial charge in [0.25, 0.3) is 5.69 Å². The van der Waals surface area contributed by atoms with E-state index >= 15 is 0 Å². The number of fused-ring (bicyclic) bond motifs is 1. The molecule has 0 saturated heterocycles. The molecule has 2 aromatic carbocycles. The van der Waals surface area contributed by atoms with Crippen molar-refractivity contribution in [2.75, 3.05) is 6.61 Å². The van der Waals surface area contributed by atoms with Crippen molar-refractivity contribution in [1.82, 2.24) is 4.98 Å². The van der Waals surface area contributed by atoms with Gasteiger partial charge in [-0.3, -0.25) is 14.9 Å². The van der Waals surface area contributed by atoms with Gasteiger partial charge in [0.2, 0.25) is 5.43 Å². The van der Waals surface area contributed by atoms with Gasteiger partial charge in [0.1, 0.15) is 5.56 Å². The first-order valence-electron chi connectivity index (χ1n) is 7.60. The lowest BCUT2D eigenvalue weighted by molar-refractivity contribution is -0.384. The standard InChI is InChI=1S/C18H14N2O5/c1-2-25-18(22)15-16(11-7-9-12(10-8-11)20(23)24)19-14-6-4-3-5-13(14)17(15)21/h3-10H,2H2,1H3,(H,19,21). The highest BCUT2D eigenvalue weighted by Gasteiger charge is 2.21. The maximum absolute atomic E-state index is 12.8. The summed E-state index contributed by atoms with van der Waals surface area (Å²) in [5.41, 5.74) is 0.683. The first-order valence-corrected chi connectivity index (χ1v) is 7.60. The highest BCUT2D eigenvalue weighted by atomic mass is 16.6. The van der Waals surface area contributed by atoms with Gasteiger partial charge in [-0.05, 0) is 36.8 Å². The number of ether oxygens (including phenoxy) is 1. The smallest absolute Gasteiger partial charge is 0.344 e. The van der Waals surface area contributed by atoms with Gasteiger partial charge in [0.05, 0.1) is 17.2 Å². The second-order valence-electron chi connectivity index (χ2n) is 5.27. The van der Waals surface area contributed by atoms with E-state index in [-0.39, 0.29) is 23.6 Å². The molecular weight excluding hydrogens is 324 g/mol. The number of carbonyl (C=O) groups excluding carboxylic acids is 1. The summed E-state index contributed by atoms with van der Waals surface area (Å²) in [6, 6.07) is 12.4. The monoisotopic (exact) mass is 338 g/mol. The van der Waals surface area contributed by atoms with Crippen molar-refractivity contribution in [3.8, 4) is 11.3 Å². The predicted molar refractivity (Wildman–Crippen MR) is 92.6 cm³/mol. The Morgan fingerprint density at radius 1 is 1.16 bits per heavy atom. The summed E-state index contributed by atoms with van der Waals surface area (Å²) >= 11 is 0. The number of nitro groups is 1. The largest absolute Gasteiger partial charge is 0.462 e. The third-order valence-electron chi connectivity index (χ3n) is 3.75. The van der Waals surface area contributed by atoms with E-state index in [0.717, 1.165) is 0 Å². The van der Waals surface area contributed by atoms with Crippen LogP contribution >= 0.6 is 0 Å². The second kappa shape index (κ2) is 6.56. The Labute approximate surface area is 142 Å². The number of H-pyrrole nitrogens is 1. The number of aromatic nitrogens is 1. The first kappa shape index (κ1) is 16.4. The summed E-state index contributed by atoms with van der Waals surface area (Å²) in [6.45, 7) is 1.78. The summed E-state index contributed by atoms with van der Waals surface area (Å²) < 4.78 is 5.01. The number of para-hydroxylation sites is 1. The van der Waals surface area contributed by atoms with Gasteiger partial charge in [-0.25, -0.2) is 4.79 Å². The molecule has 0 fully saturated rings. The van der Waals surface area contributed by atoms with Crippen molar-refractivity contribution in [1.29, 1.82) is 0 Å². The molecule has 0 aliphatic heterocycles. The zero-order chi connectivity index (χ0) is 18.0. The number of nitrogens with one attached hydrogen (secondary N) is 1. The molecular formula is C18H14N2O5. The van der Waals surface area contributed by atoms with E-state index in [9.17, 15) is 19.7 Å². The molecule has 0 radical (unpaired) electrons. The van der Waals surface area contributed by atoms with Gasteiger partial charge in [-0.15, -0.1) is 0 Å². The fourth-order valence-corrected chi connectivity index (χ4v) is 2.60. The summed E-state index contributed by atoms with van der Waals surface area (Å²) in [5, 5.41) is 11.2. The molecule has 25 heavy (non-hydrogen) atoms. The Kier molecular flexibility index (Phi) is 4.30. The molecule has 1 heterocycles. The molecule has 3 aromatic rings. The second-order valence-corrected chi connectivity index (χ2v) is 5.27. The lowest BCUT2D eigenvalue weighted by Crippen LogP contribution is -2.20. The van der Waals surface area contributed by atoms with Crippen LogP contribution in [0.5, 0.6) is 0 Å². The Bertz CT molecular complexity index is 1020. The van der Waals surface area contributed by atoms with E-state index in [2.05, 4.69) is 4.98 Å². The molecule has 0 bridgehead atoms. The van der Waals surface area contributed by atoms with E-state index in [1.54, 1.807) is 31.2 Å². The Hall–Kier alpha value is -3.48. The predicted octanol–water partition coefficient (Wildman–Crippen LogP) is 3.28. The van der Waals surface area contributed by atoms with Gasteiger partial charge in [0.15, 0.2) is 0 Å². The van der Waals surface area contributed by atoms with Crippen LogP contribution in [0.3, 0.4) is 0 Å². The Morgan fingerprint density at radius 3 is 2.48 bits per heavy atom. The van der Waals surface area contributed by atoms with Crippen LogP contribution in [0.4, 0.5) is 5.69 Å². The molecule has 0 spiro atoms. The van der Waals surface area contributed by atoms with Crippen LogP contribution in [0.25, 0.3) is 22.2 Å². The molecule has 0 amide bonds. The third-order valence-corrected chi connectivity index (χ3v) is 3.75. The van der Waals surface area contributed by atoms with Gasteiger partial charge < -0.3 is 9.72 Å². The molecule has 7 heteroatoms. The average molecular weight is 338 g/mol. The molecule has 126 valence electrons. The van der Waals surface area contributed by atoms with Crippen LogP contribution in [0.1, 0.15) is 17.3 Å². The van der Waals surface area contributed by atoms with Gasteiger partial charge in [-0.1, -0.05) is 12.1 Å². The number of non-ortho nitro benzene ring substituents is 1. The number of hydrogen-bond donors (Lipinski definition) is 1. The molecule has 0 unspecified atom stereocenters. The molecule has 0 saturated carbocycles. The number of rotatable bonds is 4. The van der Waals surface area contributed by atoms with Crippen molar-refractivity contribution in [2.24, 2.45) is 0 Å². The number of aromatic amines is 1. The Morgan fingerprint density at radius 2 is 1.84 bits per heavy atom. The van der Waals surface area contributed by atoms with Crippen molar-refractivity contribution in [2.45, 2.75) is 6.92 Å². The quantitative estimate of drug-likeness (QED) is 0.447. The van der Waals surface area contributed by atoms with Crippen LogP contribution < -0.4 is 5.43 Å². The molecule has 7 nitrogen and oxygen atoms in total. The number of pyridine rings is 1. The molecule has 0 aliphatic rings. The first-order chi connectivity index (χ1) is 12.0. The summed E-state index contributed by atoms with van der Waals surface area (Å²) in [5.74, 6) is -0.733. The molecule has 0 aliphatic carbocycles. The number of hydrogen-bond acceptors (Lipinski definition) is 5. The van der Waals surface area contributed by atoms with E-state index in [1.807, 2.05) is 0 Å². The van der Waals surface area contributed by atoms with Crippen LogP contribution in [0.15, 0.2) is 53.3 Å². The number of esters is 1. The van der Waals surface area contributed by atoms with E-state index in [1.165, 1.54) is 24.3 Å². The zero-order valence-corrected chi connectivity index (χ0v) is 13.3. The van der Waals surface area contributed by atoms with Crippen LogP contribution in [-0.2, 0) is 4.74 Å². The van der Waals surface area contributed by atoms with E-state index < -0.39 is 16.3 Å². The molecule has 0 atom stereocenters. The average Bonchev–Trinajstić information content (AvgIpc) is 2.62. The third kappa shape index (κ3) is 2.99. The van der Waals surface area contributed by atoms with E-state index in [0.29, 0.717) is 16.5 Å². The normalized spacial score (nSPS) is 10.6. The van der Waals surface area contributed by atoms with Crippen molar-refractivity contribution in [3.63, 3.8) is 0 Å². The van der Waals surface area contributed by atoms with Crippen molar-refractivity contribution in [3.05, 3.63) is 74.4 Å². The summed E-state index contributed by atoms with van der Waals surface area (Å²) in [7, 11) is 0. The minimum atomic E-state index is -0.733. The number of benzene rings is 2. The lowest BCUT2D eigenvalue weighted by Gasteiger charge is -2.11. The summed E-state index contributed by atoms with van der Waals surface area (Å²) in [6.07, 6.45) is 0. The van der Waals surface area contributed by atoms with Gasteiger partial charge in [-0.2, -0.15) is 0 Å². The van der Waals surface area contributed by atoms with Gasteiger partial charge in [0, 0.05) is 23.0 Å². The van der Waals surface area contributed by atoms with Crippen molar-refractivity contribution >= 4 is 22.6 Å². The number of carbonyl (C=O) groups is 1. The molecule has 1 aromatic heterocycles. The fourth-order valence-electron chi connectivity index (χ4n) is 2.60. The van der Waals surface area contributed by atoms with Crippen molar-refractivity contribution < 1.29 is 14.5 Å². The van der Waals surface area contributed by atoms with Crippen LogP contribution in [0, 0.1) is 10.1 Å². The SMILES string of the molecule is CCOC(=O)c1c(-c2ccc([N+](=O)[O-])cc2)[nH]c2ccccc2c1=O. The fraction of sp³-hybridized carbons (Fsp3) is 0.111. The number of nitro benzene ring substituents is 1. The maximum atomic E-state index is 12.8. The molecule has 3 rings (SSSR count). The lowest BCUT2D eigenvalue weighted by atomic mass is 10.0. The highest BCUT2D eigenvalue weighted by Crippen LogP contribution is 2.25. The zero-order valence-electron chi connectivity index (χ0n) is 13.3. The van der Waals surface area contributed by atoms with Crippen LogP contribution in [-0.4, -0.2) is 22.5 Å². The molecule has 1 N–H and O–H groups in total. The van der Waals surface area contributed by atoms with E-state index in [4.69, 9.17) is 4.74 Å². The van der Waals surface area contributed by atoms with Crippen LogP contribution in [0.2, 0.25) is 0 Å². The topological polar surface area (TPSA) is 102 Å². The number of nitrogens with zero attached hydrogens (tertiary/aromatic N) is 1. The minimum absolute atomic E-state index is 0.0791. The van der Waals surface area contributed by atoms with Gasteiger partial charge >= 0.3 is 5.97 Å². The highest BCUT2D eigenvalue weighted by molar-refractivity contribution is 6.00. The summed E-state index contributed by atoms with van der Waals surface area (Å²) in [4.78, 5) is 38.5.